The van der Waals surface area contributed by atoms with Gasteiger partial charge in [-0.25, -0.2) is 9.98 Å². The molecular weight excluding hydrogens is 382 g/mol. The third-order valence-corrected chi connectivity index (χ3v) is 5.53. The molecule has 0 bridgehead atoms. The number of rotatable bonds is 6. The molecule has 2 aliphatic rings. The first-order valence-corrected chi connectivity index (χ1v) is 11.1. The summed E-state index contributed by atoms with van der Waals surface area (Å²) < 4.78 is 10.8. The fourth-order valence-corrected chi connectivity index (χ4v) is 3.90. The van der Waals surface area contributed by atoms with Gasteiger partial charge in [0.05, 0.1) is 31.8 Å². The van der Waals surface area contributed by atoms with Crippen LogP contribution in [-0.2, 0) is 20.8 Å². The summed E-state index contributed by atoms with van der Waals surface area (Å²) in [5.74, 6) is 1.82. The number of pyridine rings is 1. The molecular formula is C22H35N5O3. The van der Waals surface area contributed by atoms with Gasteiger partial charge in [0, 0.05) is 38.9 Å². The molecule has 1 aromatic rings. The molecule has 3 heterocycles. The molecule has 30 heavy (non-hydrogen) atoms. The average Bonchev–Trinajstić information content (AvgIpc) is 2.77. The predicted molar refractivity (Wildman–Crippen MR) is 118 cm³/mol. The van der Waals surface area contributed by atoms with Crippen LogP contribution in [0.5, 0.6) is 0 Å². The van der Waals surface area contributed by atoms with Gasteiger partial charge in [-0.15, -0.1) is 0 Å². The number of esters is 1. The van der Waals surface area contributed by atoms with Gasteiger partial charge in [0.15, 0.2) is 5.96 Å². The molecule has 0 aromatic carbocycles. The Bertz CT molecular complexity index is 701. The number of ether oxygens (including phenoxy) is 2. The molecule has 0 spiro atoms. The molecule has 2 fully saturated rings. The van der Waals surface area contributed by atoms with Crippen LogP contribution in [0.15, 0.2) is 23.3 Å². The molecule has 1 atom stereocenters. The van der Waals surface area contributed by atoms with Gasteiger partial charge >= 0.3 is 5.97 Å². The molecule has 166 valence electrons. The largest absolute Gasteiger partial charge is 0.466 e. The minimum absolute atomic E-state index is 0.00345. The number of hydrogen-bond donors (Lipinski definition) is 1. The van der Waals surface area contributed by atoms with E-state index in [-0.39, 0.29) is 18.0 Å². The van der Waals surface area contributed by atoms with Crippen molar-refractivity contribution >= 4 is 17.7 Å². The van der Waals surface area contributed by atoms with E-state index in [4.69, 9.17) is 14.5 Å². The van der Waals surface area contributed by atoms with Crippen LogP contribution in [0, 0.1) is 5.92 Å². The molecule has 0 amide bonds. The van der Waals surface area contributed by atoms with E-state index in [0.29, 0.717) is 13.2 Å². The third kappa shape index (κ3) is 6.08. The predicted octanol–water partition coefficient (Wildman–Crippen LogP) is 2.05. The topological polar surface area (TPSA) is 79.3 Å². The van der Waals surface area contributed by atoms with Crippen LogP contribution >= 0.6 is 0 Å². The number of nitrogens with zero attached hydrogens (tertiary/aromatic N) is 4. The lowest BCUT2D eigenvalue weighted by Gasteiger charge is -2.33. The van der Waals surface area contributed by atoms with Gasteiger partial charge in [-0.1, -0.05) is 6.07 Å². The number of carbonyl (C=O) groups excluding carboxylic acids is 1. The highest BCUT2D eigenvalue weighted by Crippen LogP contribution is 2.19. The molecule has 2 aliphatic heterocycles. The summed E-state index contributed by atoms with van der Waals surface area (Å²) >= 11 is 0. The van der Waals surface area contributed by atoms with Crippen molar-refractivity contribution in [3.8, 4) is 0 Å². The van der Waals surface area contributed by atoms with Crippen LogP contribution in [0.3, 0.4) is 0 Å². The molecule has 8 heteroatoms. The lowest BCUT2D eigenvalue weighted by Crippen LogP contribution is -2.46. The molecule has 1 aromatic heterocycles. The second kappa shape index (κ2) is 11.2. The van der Waals surface area contributed by atoms with Gasteiger partial charge in [0.1, 0.15) is 5.82 Å². The summed E-state index contributed by atoms with van der Waals surface area (Å²) in [4.78, 5) is 25.9. The van der Waals surface area contributed by atoms with Crippen molar-refractivity contribution < 1.29 is 14.3 Å². The van der Waals surface area contributed by atoms with E-state index in [1.54, 1.807) is 0 Å². The van der Waals surface area contributed by atoms with Gasteiger partial charge in [-0.3, -0.25) is 4.79 Å². The fraction of sp³-hybridized carbons (Fsp3) is 0.682. The Morgan fingerprint density at radius 1 is 1.30 bits per heavy atom. The number of carbonyl (C=O) groups is 1. The van der Waals surface area contributed by atoms with Crippen LogP contribution < -0.4 is 10.2 Å². The minimum Gasteiger partial charge on any atom is -0.466 e. The number of guanidine groups is 1. The zero-order chi connectivity index (χ0) is 21.3. The highest BCUT2D eigenvalue weighted by molar-refractivity contribution is 5.80. The van der Waals surface area contributed by atoms with Crippen molar-refractivity contribution in [1.29, 1.82) is 0 Å². The monoisotopic (exact) mass is 417 g/mol. The van der Waals surface area contributed by atoms with E-state index >= 15 is 0 Å². The summed E-state index contributed by atoms with van der Waals surface area (Å²) in [6, 6.07) is 4.17. The van der Waals surface area contributed by atoms with E-state index in [2.05, 4.69) is 46.1 Å². The Morgan fingerprint density at radius 2 is 2.10 bits per heavy atom. The highest BCUT2D eigenvalue weighted by Gasteiger charge is 2.27. The minimum atomic E-state index is -0.0695. The van der Waals surface area contributed by atoms with Crippen molar-refractivity contribution in [3.05, 3.63) is 23.9 Å². The first-order valence-electron chi connectivity index (χ1n) is 11.1. The molecule has 2 saturated heterocycles. The quantitative estimate of drug-likeness (QED) is 0.431. The zero-order valence-electron chi connectivity index (χ0n) is 18.5. The van der Waals surface area contributed by atoms with E-state index in [9.17, 15) is 4.79 Å². The van der Waals surface area contributed by atoms with Gasteiger partial charge in [0.25, 0.3) is 0 Å². The number of aromatic nitrogens is 1. The maximum Gasteiger partial charge on any atom is 0.309 e. The Labute approximate surface area is 179 Å². The molecule has 0 saturated carbocycles. The van der Waals surface area contributed by atoms with Gasteiger partial charge < -0.3 is 24.6 Å². The molecule has 3 rings (SSSR count). The van der Waals surface area contributed by atoms with Crippen molar-refractivity contribution in [1.82, 2.24) is 15.2 Å². The summed E-state index contributed by atoms with van der Waals surface area (Å²) in [6.45, 7) is 11.9. The Morgan fingerprint density at radius 3 is 2.73 bits per heavy atom. The number of hydrogen-bond acceptors (Lipinski definition) is 6. The number of aliphatic imine (C=N–C) groups is 1. The smallest absolute Gasteiger partial charge is 0.309 e. The van der Waals surface area contributed by atoms with Crippen molar-refractivity contribution in [2.75, 3.05) is 50.8 Å². The summed E-state index contributed by atoms with van der Waals surface area (Å²) in [5, 5.41) is 3.38. The molecule has 1 N–H and O–H groups in total. The SMILES string of the molecule is CCNC(=NCc1ccc(N2CCOC(C)C2)nc1)N1CCC(C(=O)OCC)CC1. The first-order chi connectivity index (χ1) is 14.6. The van der Waals surface area contributed by atoms with Crippen molar-refractivity contribution in [3.63, 3.8) is 0 Å². The Balaban J connectivity index is 1.56. The van der Waals surface area contributed by atoms with Crippen LogP contribution in [-0.4, -0.2) is 73.9 Å². The normalized spacial score (nSPS) is 20.9. The van der Waals surface area contributed by atoms with Crippen molar-refractivity contribution in [2.24, 2.45) is 10.9 Å². The first kappa shape index (κ1) is 22.3. The Kier molecular flexibility index (Phi) is 8.30. The number of likely N-dealkylation sites (tertiary alicyclic amines) is 1. The number of anilines is 1. The number of piperidine rings is 1. The summed E-state index contributed by atoms with van der Waals surface area (Å²) in [5.41, 5.74) is 1.08. The maximum atomic E-state index is 12.0. The zero-order valence-corrected chi connectivity index (χ0v) is 18.5. The van der Waals surface area contributed by atoms with E-state index < -0.39 is 0 Å². The molecule has 0 radical (unpaired) electrons. The molecule has 1 unspecified atom stereocenters. The van der Waals surface area contributed by atoms with E-state index in [0.717, 1.165) is 69.5 Å². The van der Waals surface area contributed by atoms with Crippen LogP contribution in [0.4, 0.5) is 5.82 Å². The number of nitrogens with one attached hydrogen (secondary N) is 1. The highest BCUT2D eigenvalue weighted by atomic mass is 16.5. The fourth-order valence-electron chi connectivity index (χ4n) is 3.90. The second-order valence-corrected chi connectivity index (χ2v) is 7.84. The van der Waals surface area contributed by atoms with Gasteiger partial charge in [-0.05, 0) is 45.2 Å². The third-order valence-electron chi connectivity index (χ3n) is 5.53. The summed E-state index contributed by atoms with van der Waals surface area (Å²) in [7, 11) is 0. The van der Waals surface area contributed by atoms with Gasteiger partial charge in [-0.2, -0.15) is 0 Å². The lowest BCUT2D eigenvalue weighted by atomic mass is 9.97. The standard InChI is InChI=1S/C22H35N5O3/c1-4-23-22(26-10-8-19(9-11-26)21(28)29-5-2)25-15-18-6-7-20(24-14-18)27-12-13-30-17(3)16-27/h6-7,14,17,19H,4-5,8-13,15-16H2,1-3H3,(H,23,25). The maximum absolute atomic E-state index is 12.0. The van der Waals surface area contributed by atoms with Crippen molar-refractivity contribution in [2.45, 2.75) is 46.3 Å². The van der Waals surface area contributed by atoms with Gasteiger partial charge in [0.2, 0.25) is 0 Å². The van der Waals surface area contributed by atoms with Crippen LogP contribution in [0.25, 0.3) is 0 Å². The van der Waals surface area contributed by atoms with E-state index in [1.165, 1.54) is 0 Å². The summed E-state index contributed by atoms with van der Waals surface area (Å²) in [6.07, 6.45) is 3.75. The average molecular weight is 418 g/mol. The van der Waals surface area contributed by atoms with Crippen LogP contribution in [0.2, 0.25) is 0 Å². The molecule has 0 aliphatic carbocycles. The van der Waals surface area contributed by atoms with Crippen LogP contribution in [0.1, 0.15) is 39.2 Å². The Hall–Kier alpha value is -2.35. The molecule has 8 nitrogen and oxygen atoms in total. The second-order valence-electron chi connectivity index (χ2n) is 7.84. The van der Waals surface area contributed by atoms with E-state index in [1.807, 2.05) is 13.1 Å². The number of morpholine rings is 1. The lowest BCUT2D eigenvalue weighted by molar-refractivity contribution is -0.149.